The van der Waals surface area contributed by atoms with Gasteiger partial charge >= 0.3 is 0 Å². The molecule has 0 unspecified atom stereocenters. The predicted octanol–water partition coefficient (Wildman–Crippen LogP) is 4.94. The Morgan fingerprint density at radius 3 is 2.54 bits per heavy atom. The van der Waals surface area contributed by atoms with Crippen LogP contribution in [0.15, 0.2) is 59.2 Å². The highest BCUT2D eigenvalue weighted by Crippen LogP contribution is 2.52. The average Bonchev–Trinajstić information content (AvgIpc) is 3.49. The van der Waals surface area contributed by atoms with Crippen LogP contribution < -0.4 is 10.1 Å². The number of hydrogen-bond donors (Lipinski definition) is 1. The molecule has 2 atom stereocenters. The van der Waals surface area contributed by atoms with E-state index in [9.17, 15) is 4.79 Å². The molecule has 184 valence electrons. The number of benzene rings is 2. The van der Waals surface area contributed by atoms with Gasteiger partial charge in [-0.3, -0.25) is 9.69 Å². The second-order valence-corrected chi connectivity index (χ2v) is 9.85. The summed E-state index contributed by atoms with van der Waals surface area (Å²) in [7, 11) is 3.49. The van der Waals surface area contributed by atoms with E-state index in [-0.39, 0.29) is 23.5 Å². The molecular weight excluding hydrogens is 440 g/mol. The van der Waals surface area contributed by atoms with Crippen LogP contribution in [0.2, 0.25) is 0 Å². The molecule has 1 aliphatic carbocycles. The van der Waals surface area contributed by atoms with E-state index in [4.69, 9.17) is 13.9 Å². The molecule has 2 aromatic carbocycles. The number of fused-ring (bicyclic) bond motifs is 2. The minimum absolute atomic E-state index is 0.131. The van der Waals surface area contributed by atoms with E-state index in [0.717, 1.165) is 43.8 Å². The summed E-state index contributed by atoms with van der Waals surface area (Å²) >= 11 is 0. The van der Waals surface area contributed by atoms with E-state index in [0.29, 0.717) is 5.76 Å². The number of likely N-dealkylation sites (tertiary alicyclic amines) is 1. The van der Waals surface area contributed by atoms with Gasteiger partial charge in [0.05, 0.1) is 25.5 Å². The Hall–Kier alpha value is -3.09. The molecule has 1 fully saturated rings. The summed E-state index contributed by atoms with van der Waals surface area (Å²) < 4.78 is 17.0. The Morgan fingerprint density at radius 2 is 1.86 bits per heavy atom. The summed E-state index contributed by atoms with van der Waals surface area (Å²) in [4.78, 5) is 15.4. The zero-order valence-electron chi connectivity index (χ0n) is 21.0. The lowest BCUT2D eigenvalue weighted by Gasteiger charge is -2.44. The Morgan fingerprint density at radius 1 is 1.09 bits per heavy atom. The molecule has 2 heterocycles. The van der Waals surface area contributed by atoms with Crippen LogP contribution in [0.5, 0.6) is 5.75 Å². The second kappa shape index (κ2) is 9.51. The van der Waals surface area contributed by atoms with Crippen LogP contribution >= 0.6 is 0 Å². The van der Waals surface area contributed by atoms with Gasteiger partial charge in [0, 0.05) is 19.1 Å². The van der Waals surface area contributed by atoms with Crippen LogP contribution in [0, 0.1) is 13.8 Å². The zero-order valence-corrected chi connectivity index (χ0v) is 21.0. The van der Waals surface area contributed by atoms with E-state index in [1.807, 2.05) is 6.07 Å². The van der Waals surface area contributed by atoms with Gasteiger partial charge in [-0.1, -0.05) is 30.3 Å². The van der Waals surface area contributed by atoms with E-state index in [1.165, 1.54) is 28.5 Å². The fraction of sp³-hybridized carbons (Fsp3) is 0.414. The van der Waals surface area contributed by atoms with Crippen molar-refractivity contribution in [3.8, 4) is 5.75 Å². The number of nitrogens with one attached hydrogen (secondary N) is 1. The molecule has 6 nitrogen and oxygen atoms in total. The Labute approximate surface area is 207 Å². The van der Waals surface area contributed by atoms with E-state index >= 15 is 0 Å². The van der Waals surface area contributed by atoms with E-state index < -0.39 is 0 Å². The maximum absolute atomic E-state index is 12.9. The molecule has 0 bridgehead atoms. The first-order valence-corrected chi connectivity index (χ1v) is 12.3. The summed E-state index contributed by atoms with van der Waals surface area (Å²) in [6.07, 6.45) is 3.34. The van der Waals surface area contributed by atoms with Crippen molar-refractivity contribution in [1.29, 1.82) is 0 Å². The van der Waals surface area contributed by atoms with Crippen LogP contribution in [-0.2, 0) is 16.7 Å². The Kier molecular flexibility index (Phi) is 6.43. The number of piperidine rings is 1. The molecule has 5 rings (SSSR count). The maximum Gasteiger partial charge on any atom is 0.287 e. The number of aryl methyl sites for hydroxylation is 2. The van der Waals surface area contributed by atoms with Crippen LogP contribution in [-0.4, -0.2) is 44.2 Å². The van der Waals surface area contributed by atoms with Crippen LogP contribution in [0.3, 0.4) is 0 Å². The number of nitrogens with zero attached hydrogens (tertiary/aromatic N) is 1. The number of furan rings is 1. The number of ether oxygens (including phenoxy) is 2. The maximum atomic E-state index is 12.9. The molecule has 1 aromatic heterocycles. The molecule has 3 aromatic rings. The van der Waals surface area contributed by atoms with Crippen LogP contribution in [0.4, 0.5) is 0 Å². The molecule has 0 radical (unpaired) electrons. The fourth-order valence-corrected chi connectivity index (χ4v) is 6.14. The number of rotatable bonds is 6. The number of methoxy groups -OCH3 is 2. The smallest absolute Gasteiger partial charge is 0.287 e. The molecule has 1 spiro atoms. The van der Waals surface area contributed by atoms with Gasteiger partial charge < -0.3 is 19.2 Å². The summed E-state index contributed by atoms with van der Waals surface area (Å²) in [6, 6.07) is 16.1. The number of carbonyl (C=O) groups excluding carboxylic acids is 1. The minimum atomic E-state index is -0.216. The largest absolute Gasteiger partial charge is 0.496 e. The molecular formula is C29H34N2O4. The summed E-state index contributed by atoms with van der Waals surface area (Å²) in [5, 5.41) is 3.20. The van der Waals surface area contributed by atoms with Gasteiger partial charge in [0.25, 0.3) is 5.91 Å². The van der Waals surface area contributed by atoms with Crippen molar-refractivity contribution in [2.45, 2.75) is 50.8 Å². The molecule has 2 aliphatic rings. The lowest BCUT2D eigenvalue weighted by Crippen LogP contribution is -2.50. The van der Waals surface area contributed by atoms with Crippen molar-refractivity contribution >= 4 is 5.91 Å². The highest BCUT2D eigenvalue weighted by atomic mass is 16.5. The number of carbonyl (C=O) groups is 1. The third-order valence-corrected chi connectivity index (χ3v) is 7.96. The highest BCUT2D eigenvalue weighted by molar-refractivity contribution is 5.91. The summed E-state index contributed by atoms with van der Waals surface area (Å²) in [6.45, 7) is 7.12. The molecule has 0 saturated carbocycles. The van der Waals surface area contributed by atoms with Crippen molar-refractivity contribution < 1.29 is 18.7 Å². The molecule has 1 N–H and O–H groups in total. The zero-order chi connectivity index (χ0) is 24.6. The lowest BCUT2D eigenvalue weighted by molar-refractivity contribution is -0.0124. The topological polar surface area (TPSA) is 63.9 Å². The fourth-order valence-electron chi connectivity index (χ4n) is 6.14. The molecule has 6 heteroatoms. The highest BCUT2D eigenvalue weighted by Gasteiger charge is 2.54. The van der Waals surface area contributed by atoms with Crippen molar-refractivity contribution in [1.82, 2.24) is 10.2 Å². The predicted molar refractivity (Wildman–Crippen MR) is 135 cm³/mol. The normalized spacial score (nSPS) is 21.1. The molecule has 35 heavy (non-hydrogen) atoms. The molecule has 1 saturated heterocycles. The summed E-state index contributed by atoms with van der Waals surface area (Å²) in [5.41, 5.74) is 6.09. The third kappa shape index (κ3) is 4.15. The third-order valence-electron chi connectivity index (χ3n) is 7.96. The van der Waals surface area contributed by atoms with E-state index in [1.54, 1.807) is 26.4 Å². The van der Waals surface area contributed by atoms with Gasteiger partial charge in [-0.2, -0.15) is 0 Å². The first kappa shape index (κ1) is 23.6. The number of amides is 1. The average molecular weight is 475 g/mol. The lowest BCUT2D eigenvalue weighted by atomic mass is 9.71. The SMILES string of the molecule is COc1cc(C)c(CN2CCC3(CC2)c2ccccc2[C@@H](NC(=O)c2ccco2)[C@@H]3OC)cc1C. The first-order chi connectivity index (χ1) is 17.0. The van der Waals surface area contributed by atoms with Crippen molar-refractivity contribution in [3.05, 3.63) is 88.4 Å². The molecule has 1 amide bonds. The summed E-state index contributed by atoms with van der Waals surface area (Å²) in [5.74, 6) is 1.05. The standard InChI is InChI=1S/C29H34N2O4/c1-19-17-25(33-3)20(2)16-21(19)18-31-13-11-29(12-14-31)23-9-6-5-8-22(23)26(27(29)34-4)30-28(32)24-10-7-15-35-24/h5-10,15-17,26-27H,11-14,18H2,1-4H3,(H,30,32)/t26-,27+/m1/s1. The van der Waals surface area contributed by atoms with Gasteiger partial charge in [-0.25, -0.2) is 0 Å². The van der Waals surface area contributed by atoms with Crippen molar-refractivity contribution in [2.24, 2.45) is 0 Å². The van der Waals surface area contributed by atoms with Crippen LogP contribution in [0.25, 0.3) is 0 Å². The van der Waals surface area contributed by atoms with Crippen LogP contribution in [0.1, 0.15) is 57.3 Å². The van der Waals surface area contributed by atoms with Gasteiger partial charge in [0.1, 0.15) is 5.75 Å². The van der Waals surface area contributed by atoms with Gasteiger partial charge in [-0.15, -0.1) is 0 Å². The Balaban J connectivity index is 1.37. The molecule has 1 aliphatic heterocycles. The first-order valence-electron chi connectivity index (χ1n) is 12.3. The van der Waals surface area contributed by atoms with Crippen molar-refractivity contribution in [2.75, 3.05) is 27.3 Å². The van der Waals surface area contributed by atoms with Gasteiger partial charge in [0.2, 0.25) is 0 Å². The Bertz CT molecular complexity index is 1200. The monoisotopic (exact) mass is 474 g/mol. The van der Waals surface area contributed by atoms with E-state index in [2.05, 4.69) is 54.4 Å². The van der Waals surface area contributed by atoms with Gasteiger partial charge in [0.15, 0.2) is 5.76 Å². The number of hydrogen-bond acceptors (Lipinski definition) is 5. The van der Waals surface area contributed by atoms with Crippen molar-refractivity contribution in [3.63, 3.8) is 0 Å². The quantitative estimate of drug-likeness (QED) is 0.548. The van der Waals surface area contributed by atoms with Gasteiger partial charge in [-0.05, 0) is 85.8 Å². The second-order valence-electron chi connectivity index (χ2n) is 9.85. The minimum Gasteiger partial charge on any atom is -0.496 e.